The Morgan fingerprint density at radius 1 is 1.08 bits per heavy atom. The van der Waals surface area contributed by atoms with E-state index in [4.69, 9.17) is 0 Å². The highest BCUT2D eigenvalue weighted by atomic mass is 32.3. The molecule has 0 spiro atoms. The normalized spacial score (nSPS) is 10.8. The van der Waals surface area contributed by atoms with E-state index in [0.717, 1.165) is 25.7 Å². The second-order valence-corrected chi connectivity index (χ2v) is 4.14. The van der Waals surface area contributed by atoms with Gasteiger partial charge in [-0.3, -0.25) is 4.70 Å². The van der Waals surface area contributed by atoms with E-state index in [1.807, 2.05) is 0 Å². The average Bonchev–Trinajstić information content (AvgIpc) is 1.85. The molecule has 0 fully saturated rings. The highest BCUT2D eigenvalue weighted by Gasteiger charge is 2.04. The Balaban J connectivity index is 0. The lowest BCUT2D eigenvalue weighted by atomic mass is 10.2. The van der Waals surface area contributed by atoms with Crippen molar-refractivity contribution in [1.29, 1.82) is 0 Å². The van der Waals surface area contributed by atoms with Crippen LogP contribution in [0.1, 0.15) is 39.0 Å². The van der Waals surface area contributed by atoms with Crippen LogP contribution < -0.4 is 0 Å². The van der Waals surface area contributed by atoms with Crippen molar-refractivity contribution in [2.45, 2.75) is 39.0 Å². The minimum atomic E-state index is -4.21. The first-order chi connectivity index (χ1) is 5.06. The first-order valence-corrected chi connectivity index (χ1v) is 5.54. The van der Waals surface area contributed by atoms with Crippen LogP contribution in [0, 0.1) is 0 Å². The first kappa shape index (κ1) is 14.3. The molecule has 0 saturated heterocycles. The third kappa shape index (κ3) is 12.5. The van der Waals surface area contributed by atoms with Crippen LogP contribution in [0.5, 0.6) is 0 Å². The number of hydrogen-bond acceptors (Lipinski definition) is 2. The van der Waals surface area contributed by atoms with Crippen LogP contribution in [0.4, 0.5) is 8.59 Å². The van der Waals surface area contributed by atoms with Crippen molar-refractivity contribution in [2.24, 2.45) is 0 Å². The zero-order valence-corrected chi connectivity index (χ0v) is 8.07. The van der Waals surface area contributed by atoms with Gasteiger partial charge in [0.15, 0.2) is 0 Å². The molecule has 2 nitrogen and oxygen atoms in total. The molecule has 0 bridgehead atoms. The molecule has 0 saturated carbocycles. The van der Waals surface area contributed by atoms with Crippen LogP contribution in [0.2, 0.25) is 0 Å². The minimum absolute atomic E-state index is 0. The van der Waals surface area contributed by atoms with Gasteiger partial charge in [0.05, 0.1) is 5.75 Å². The zero-order chi connectivity index (χ0) is 8.74. The minimum Gasteiger partial charge on any atom is -0.269 e. The summed E-state index contributed by atoms with van der Waals surface area (Å²) in [7, 11) is -4.21. The third-order valence-corrected chi connectivity index (χ3v) is 2.27. The molecular formula is C7H16F2O2S. The molecule has 0 amide bonds. The highest BCUT2D eigenvalue weighted by Crippen LogP contribution is 2.04. The smallest absolute Gasteiger partial charge is 0.269 e. The van der Waals surface area contributed by atoms with Crippen molar-refractivity contribution in [1.82, 2.24) is 0 Å². The molecule has 5 heteroatoms. The van der Waals surface area contributed by atoms with Crippen LogP contribution >= 0.6 is 0 Å². The summed E-state index contributed by atoms with van der Waals surface area (Å²) in [5.41, 5.74) is 0. The summed E-state index contributed by atoms with van der Waals surface area (Å²) >= 11 is 0. The third-order valence-electron chi connectivity index (χ3n) is 1.49. The lowest BCUT2D eigenvalue weighted by Gasteiger charge is -1.95. The molecule has 0 rings (SSSR count). The highest BCUT2D eigenvalue weighted by molar-refractivity contribution is 7.86. The van der Waals surface area contributed by atoms with Crippen molar-refractivity contribution in [2.75, 3.05) is 5.75 Å². The lowest BCUT2D eigenvalue weighted by molar-refractivity contribution is 0.545. The molecule has 0 N–H and O–H groups in total. The molecule has 0 aromatic carbocycles. The Labute approximate surface area is 72.7 Å². The number of hydrogen-bond donors (Lipinski definition) is 0. The maximum Gasteiger partial charge on any atom is 0.302 e. The van der Waals surface area contributed by atoms with Crippen molar-refractivity contribution < 1.29 is 17.0 Å². The fraction of sp³-hybridized carbons (Fsp3) is 1.00. The van der Waals surface area contributed by atoms with E-state index in [1.54, 1.807) is 0 Å². The fourth-order valence-electron chi connectivity index (χ4n) is 0.878. The Kier molecular flexibility index (Phi) is 8.91. The predicted octanol–water partition coefficient (Wildman–Crippen LogP) is 2.41. The molecular weight excluding hydrogens is 186 g/mol. The van der Waals surface area contributed by atoms with Crippen molar-refractivity contribution in [3.63, 3.8) is 0 Å². The maximum atomic E-state index is 11.9. The van der Waals surface area contributed by atoms with Crippen LogP contribution in [0.25, 0.3) is 0 Å². The monoisotopic (exact) mass is 202 g/mol. The lowest BCUT2D eigenvalue weighted by Crippen LogP contribution is -1.97. The maximum absolute atomic E-state index is 11.9. The number of halogens is 2. The Morgan fingerprint density at radius 3 is 2.00 bits per heavy atom. The van der Waals surface area contributed by atoms with Crippen molar-refractivity contribution in [3.8, 4) is 0 Å². The first-order valence-electron chi connectivity index (χ1n) is 3.98. The topological polar surface area (TPSA) is 34.1 Å². The van der Waals surface area contributed by atoms with Gasteiger partial charge >= 0.3 is 10.2 Å². The molecule has 0 aliphatic rings. The molecule has 12 heavy (non-hydrogen) atoms. The molecule has 0 aromatic heterocycles. The van der Waals surface area contributed by atoms with Gasteiger partial charge < -0.3 is 0 Å². The van der Waals surface area contributed by atoms with Gasteiger partial charge in [-0.15, -0.1) is 3.89 Å². The van der Waals surface area contributed by atoms with Gasteiger partial charge in [0, 0.05) is 0 Å². The fourth-order valence-corrected chi connectivity index (χ4v) is 1.43. The second kappa shape index (κ2) is 7.46. The standard InChI is InChI=1S/C7H15FO2S.FH/c1-2-3-4-5-6-7-11(8,9)10;/h2-7H2,1H3;1H. The van der Waals surface area contributed by atoms with E-state index in [0.29, 0.717) is 6.42 Å². The van der Waals surface area contributed by atoms with Gasteiger partial charge in [0.25, 0.3) is 0 Å². The summed E-state index contributed by atoms with van der Waals surface area (Å²) in [6.07, 6.45) is 4.50. The van der Waals surface area contributed by atoms with E-state index < -0.39 is 10.2 Å². The molecule has 0 radical (unpaired) electrons. The predicted molar refractivity (Wildman–Crippen MR) is 46.2 cm³/mol. The molecule has 0 aromatic rings. The summed E-state index contributed by atoms with van der Waals surface area (Å²) < 4.78 is 31.9. The Hall–Kier alpha value is -0.190. The molecule has 0 heterocycles. The molecule has 0 atom stereocenters. The van der Waals surface area contributed by atoms with Crippen LogP contribution in [0.3, 0.4) is 0 Å². The van der Waals surface area contributed by atoms with Crippen LogP contribution in [-0.4, -0.2) is 14.2 Å². The van der Waals surface area contributed by atoms with Gasteiger partial charge in [0.1, 0.15) is 0 Å². The van der Waals surface area contributed by atoms with E-state index in [9.17, 15) is 12.3 Å². The molecule has 0 unspecified atom stereocenters. The van der Waals surface area contributed by atoms with E-state index in [1.165, 1.54) is 0 Å². The van der Waals surface area contributed by atoms with Gasteiger partial charge in [-0.05, 0) is 6.42 Å². The summed E-state index contributed by atoms with van der Waals surface area (Å²) in [6.45, 7) is 2.08. The second-order valence-electron chi connectivity index (χ2n) is 2.66. The largest absolute Gasteiger partial charge is 0.302 e. The van der Waals surface area contributed by atoms with Gasteiger partial charge in [-0.2, -0.15) is 8.42 Å². The molecule has 76 valence electrons. The van der Waals surface area contributed by atoms with Gasteiger partial charge in [-0.25, -0.2) is 0 Å². The number of unbranched alkanes of at least 4 members (excludes halogenated alkanes) is 4. The van der Waals surface area contributed by atoms with Crippen molar-refractivity contribution >= 4 is 10.2 Å². The van der Waals surface area contributed by atoms with Crippen molar-refractivity contribution in [3.05, 3.63) is 0 Å². The Morgan fingerprint density at radius 2 is 1.58 bits per heavy atom. The van der Waals surface area contributed by atoms with Gasteiger partial charge in [0.2, 0.25) is 0 Å². The quantitative estimate of drug-likeness (QED) is 0.489. The zero-order valence-electron chi connectivity index (χ0n) is 7.25. The van der Waals surface area contributed by atoms with Crippen LogP contribution in [0.15, 0.2) is 0 Å². The summed E-state index contributed by atoms with van der Waals surface area (Å²) in [5.74, 6) is -0.309. The molecule has 0 aliphatic heterocycles. The van der Waals surface area contributed by atoms with Gasteiger partial charge in [-0.1, -0.05) is 32.6 Å². The van der Waals surface area contributed by atoms with E-state index in [-0.39, 0.29) is 10.5 Å². The number of rotatable bonds is 6. The SMILES string of the molecule is CCCCCCCS(=O)(=O)F.F. The van der Waals surface area contributed by atoms with E-state index >= 15 is 0 Å². The summed E-state index contributed by atoms with van der Waals surface area (Å²) in [5, 5.41) is 0. The summed E-state index contributed by atoms with van der Waals surface area (Å²) in [6, 6.07) is 0. The molecule has 0 aliphatic carbocycles. The Bertz CT molecular complexity index is 178. The van der Waals surface area contributed by atoms with E-state index in [2.05, 4.69) is 6.92 Å². The summed E-state index contributed by atoms with van der Waals surface area (Å²) in [4.78, 5) is 0. The van der Waals surface area contributed by atoms with Crippen LogP contribution in [-0.2, 0) is 10.2 Å². The average molecular weight is 202 g/mol.